The van der Waals surface area contributed by atoms with Gasteiger partial charge in [-0.15, -0.1) is 10.2 Å². The standard InChI is InChI=1S/C21H28N4O3S/c1-3-25-11-5-6-14(13-25)22-21-17-8-4-7-16(17)20(23-24-21)18-10-9-15(12-19(18)26)29(2,27)28/h9-10,12,14,26H,3-8,11,13H2,1-2H3,(H,22,24)/t14-/m1/s1. The van der Waals surface area contributed by atoms with E-state index in [0.29, 0.717) is 17.3 Å². The molecule has 0 spiro atoms. The van der Waals surface area contributed by atoms with Crippen molar-refractivity contribution in [1.29, 1.82) is 0 Å². The quantitative estimate of drug-likeness (QED) is 0.773. The minimum Gasteiger partial charge on any atom is -0.507 e. The van der Waals surface area contributed by atoms with Crippen molar-refractivity contribution >= 4 is 15.7 Å². The number of rotatable bonds is 5. The van der Waals surface area contributed by atoms with E-state index < -0.39 is 9.84 Å². The van der Waals surface area contributed by atoms with Gasteiger partial charge in [-0.25, -0.2) is 8.42 Å². The Morgan fingerprint density at radius 2 is 2.00 bits per heavy atom. The van der Waals surface area contributed by atoms with Crippen molar-refractivity contribution in [3.8, 4) is 17.0 Å². The summed E-state index contributed by atoms with van der Waals surface area (Å²) in [6.07, 6.45) is 6.28. The van der Waals surface area contributed by atoms with E-state index in [0.717, 1.165) is 63.0 Å². The van der Waals surface area contributed by atoms with Crippen molar-refractivity contribution < 1.29 is 13.5 Å². The Balaban J connectivity index is 1.65. The van der Waals surface area contributed by atoms with Crippen LogP contribution in [0.1, 0.15) is 37.3 Å². The summed E-state index contributed by atoms with van der Waals surface area (Å²) in [6.45, 7) is 5.42. The lowest BCUT2D eigenvalue weighted by molar-refractivity contribution is 0.226. The van der Waals surface area contributed by atoms with E-state index in [4.69, 9.17) is 0 Å². The molecule has 1 fully saturated rings. The van der Waals surface area contributed by atoms with Gasteiger partial charge in [0, 0.05) is 30.0 Å². The number of sulfone groups is 1. The first-order valence-corrected chi connectivity index (χ1v) is 12.2. The summed E-state index contributed by atoms with van der Waals surface area (Å²) in [5.74, 6) is 0.777. The monoisotopic (exact) mass is 416 g/mol. The predicted octanol–water partition coefficient (Wildman–Crippen LogP) is 2.64. The van der Waals surface area contributed by atoms with Gasteiger partial charge in [-0.05, 0) is 69.0 Å². The number of phenols is 1. The molecular formula is C21H28N4O3S. The third kappa shape index (κ3) is 4.09. The van der Waals surface area contributed by atoms with Gasteiger partial charge in [0.2, 0.25) is 0 Å². The number of aromatic nitrogens is 2. The number of phenolic OH excluding ortho intramolecular Hbond substituents is 1. The molecule has 1 atom stereocenters. The number of piperidine rings is 1. The van der Waals surface area contributed by atoms with E-state index in [1.54, 1.807) is 6.07 Å². The van der Waals surface area contributed by atoms with Gasteiger partial charge in [0.05, 0.1) is 4.90 Å². The normalized spacial score (nSPS) is 19.9. The van der Waals surface area contributed by atoms with Crippen LogP contribution in [-0.4, -0.2) is 60.6 Å². The predicted molar refractivity (Wildman–Crippen MR) is 113 cm³/mol. The minimum atomic E-state index is -3.38. The number of hydrogen-bond donors (Lipinski definition) is 2. The van der Waals surface area contributed by atoms with Crippen molar-refractivity contribution in [2.45, 2.75) is 50.0 Å². The van der Waals surface area contributed by atoms with Crippen LogP contribution in [0.25, 0.3) is 11.3 Å². The number of aromatic hydroxyl groups is 1. The van der Waals surface area contributed by atoms with Gasteiger partial charge in [-0.2, -0.15) is 0 Å². The lowest BCUT2D eigenvalue weighted by Gasteiger charge is -2.32. The van der Waals surface area contributed by atoms with Crippen molar-refractivity contribution in [3.63, 3.8) is 0 Å². The van der Waals surface area contributed by atoms with Crippen LogP contribution < -0.4 is 5.32 Å². The SMILES string of the molecule is CCN1CCC[C@@H](Nc2nnc(-c3ccc(S(C)(=O)=O)cc3O)c3c2CCC3)C1. The number of nitrogens with one attached hydrogen (secondary N) is 1. The average Bonchev–Trinajstić information content (AvgIpc) is 3.18. The van der Waals surface area contributed by atoms with Crippen LogP contribution >= 0.6 is 0 Å². The maximum atomic E-state index is 11.7. The van der Waals surface area contributed by atoms with Crippen molar-refractivity contribution in [2.75, 3.05) is 31.2 Å². The van der Waals surface area contributed by atoms with Crippen LogP contribution in [0.3, 0.4) is 0 Å². The summed E-state index contributed by atoms with van der Waals surface area (Å²) < 4.78 is 23.5. The van der Waals surface area contributed by atoms with Crippen LogP contribution in [0.4, 0.5) is 5.82 Å². The second-order valence-corrected chi connectivity index (χ2v) is 10.1. The van der Waals surface area contributed by atoms with E-state index in [1.807, 2.05) is 0 Å². The molecule has 2 aromatic rings. The number of likely N-dealkylation sites (tertiary alicyclic amines) is 1. The van der Waals surface area contributed by atoms with Crippen LogP contribution in [0.2, 0.25) is 0 Å². The summed E-state index contributed by atoms with van der Waals surface area (Å²) in [4.78, 5) is 2.55. The van der Waals surface area contributed by atoms with E-state index in [9.17, 15) is 13.5 Å². The first-order chi connectivity index (χ1) is 13.9. The maximum absolute atomic E-state index is 11.7. The van der Waals surface area contributed by atoms with Gasteiger partial charge in [-0.1, -0.05) is 6.92 Å². The van der Waals surface area contributed by atoms with E-state index in [-0.39, 0.29) is 10.6 Å². The van der Waals surface area contributed by atoms with E-state index >= 15 is 0 Å². The van der Waals surface area contributed by atoms with E-state index in [2.05, 4.69) is 27.3 Å². The second kappa shape index (κ2) is 7.91. The van der Waals surface area contributed by atoms with Crippen molar-refractivity contribution in [2.24, 2.45) is 0 Å². The molecule has 0 amide bonds. The highest BCUT2D eigenvalue weighted by molar-refractivity contribution is 7.90. The average molecular weight is 417 g/mol. The third-order valence-electron chi connectivity index (χ3n) is 5.99. The number of nitrogens with zero attached hydrogens (tertiary/aromatic N) is 3. The highest BCUT2D eigenvalue weighted by Crippen LogP contribution is 2.38. The molecule has 0 saturated carbocycles. The number of anilines is 1. The zero-order valence-electron chi connectivity index (χ0n) is 17.0. The molecule has 156 valence electrons. The number of hydrogen-bond acceptors (Lipinski definition) is 7. The number of benzene rings is 1. The number of likely N-dealkylation sites (N-methyl/N-ethyl adjacent to an activating group) is 1. The second-order valence-electron chi connectivity index (χ2n) is 8.04. The van der Waals surface area contributed by atoms with Gasteiger partial charge in [-0.3, -0.25) is 0 Å². The fourth-order valence-corrected chi connectivity index (χ4v) is 5.06. The molecule has 8 heteroatoms. The molecule has 0 unspecified atom stereocenters. The van der Waals surface area contributed by atoms with E-state index in [1.165, 1.54) is 24.1 Å². The lowest BCUT2D eigenvalue weighted by atomic mass is 10.0. The minimum absolute atomic E-state index is 0.0806. The Kier molecular flexibility index (Phi) is 5.48. The highest BCUT2D eigenvalue weighted by Gasteiger charge is 2.26. The summed E-state index contributed by atoms with van der Waals surface area (Å²) >= 11 is 0. The molecule has 2 heterocycles. The first-order valence-electron chi connectivity index (χ1n) is 10.3. The summed E-state index contributed by atoms with van der Waals surface area (Å²) in [7, 11) is -3.38. The summed E-state index contributed by atoms with van der Waals surface area (Å²) in [5, 5.41) is 23.0. The van der Waals surface area contributed by atoms with Gasteiger partial charge in [0.15, 0.2) is 15.7 Å². The van der Waals surface area contributed by atoms with Crippen LogP contribution in [0.15, 0.2) is 23.1 Å². The smallest absolute Gasteiger partial charge is 0.175 e. The van der Waals surface area contributed by atoms with Gasteiger partial charge < -0.3 is 15.3 Å². The Hall–Kier alpha value is -2.19. The Morgan fingerprint density at radius 3 is 2.72 bits per heavy atom. The molecule has 2 N–H and O–H groups in total. The molecule has 0 bridgehead atoms. The molecule has 0 radical (unpaired) electrons. The summed E-state index contributed by atoms with van der Waals surface area (Å²) in [5.41, 5.74) is 3.46. The molecule has 1 saturated heterocycles. The molecule has 4 rings (SSSR count). The molecule has 29 heavy (non-hydrogen) atoms. The Morgan fingerprint density at radius 1 is 1.21 bits per heavy atom. The van der Waals surface area contributed by atoms with Crippen LogP contribution in [-0.2, 0) is 22.7 Å². The molecule has 7 nitrogen and oxygen atoms in total. The fourth-order valence-electron chi connectivity index (χ4n) is 4.42. The molecule has 1 aromatic heterocycles. The molecule has 1 aromatic carbocycles. The molecule has 2 aliphatic rings. The molecular weight excluding hydrogens is 388 g/mol. The van der Waals surface area contributed by atoms with Gasteiger partial charge in [0.25, 0.3) is 0 Å². The van der Waals surface area contributed by atoms with Crippen LogP contribution in [0.5, 0.6) is 5.75 Å². The lowest BCUT2D eigenvalue weighted by Crippen LogP contribution is -2.42. The zero-order chi connectivity index (χ0) is 20.6. The van der Waals surface area contributed by atoms with Gasteiger partial charge >= 0.3 is 0 Å². The van der Waals surface area contributed by atoms with Crippen molar-refractivity contribution in [3.05, 3.63) is 29.3 Å². The largest absolute Gasteiger partial charge is 0.507 e. The molecule has 1 aliphatic carbocycles. The molecule has 1 aliphatic heterocycles. The maximum Gasteiger partial charge on any atom is 0.175 e. The highest BCUT2D eigenvalue weighted by atomic mass is 32.2. The van der Waals surface area contributed by atoms with Gasteiger partial charge in [0.1, 0.15) is 11.4 Å². The Bertz CT molecular complexity index is 1020. The Labute approximate surface area is 172 Å². The number of fused-ring (bicyclic) bond motifs is 1. The topological polar surface area (TPSA) is 95.4 Å². The van der Waals surface area contributed by atoms with Crippen molar-refractivity contribution in [1.82, 2.24) is 15.1 Å². The van der Waals surface area contributed by atoms with Crippen LogP contribution in [0, 0.1) is 0 Å². The third-order valence-corrected chi connectivity index (χ3v) is 7.10. The fraction of sp³-hybridized carbons (Fsp3) is 0.524. The summed E-state index contributed by atoms with van der Waals surface area (Å²) in [6, 6.07) is 4.81. The zero-order valence-corrected chi connectivity index (χ0v) is 17.8. The first kappa shape index (κ1) is 20.1.